The summed E-state index contributed by atoms with van der Waals surface area (Å²) in [6.07, 6.45) is -3.98. The molecule has 1 N–H and O–H groups in total. The Labute approximate surface area is 149 Å². The van der Waals surface area contributed by atoms with Gasteiger partial charge >= 0.3 is 6.18 Å². The average molecular weight is 376 g/mol. The summed E-state index contributed by atoms with van der Waals surface area (Å²) in [6.45, 7) is 7.78. The Hall–Kier alpha value is -1.76. The third-order valence-electron chi connectivity index (χ3n) is 3.90. The summed E-state index contributed by atoms with van der Waals surface area (Å²) in [6, 6.07) is 2.30. The van der Waals surface area contributed by atoms with E-state index in [1.54, 1.807) is 4.90 Å². The number of carbonyl (C=O) groups excluding carboxylic acids is 1. The van der Waals surface area contributed by atoms with Crippen LogP contribution >= 0.6 is 11.6 Å². The maximum Gasteiger partial charge on any atom is 0.417 e. The zero-order chi connectivity index (χ0) is 18.9. The van der Waals surface area contributed by atoms with Gasteiger partial charge in [0.1, 0.15) is 5.82 Å². The number of fused-ring (bicyclic) bond motifs is 1. The molecule has 0 fully saturated rings. The van der Waals surface area contributed by atoms with Gasteiger partial charge in [0, 0.05) is 24.9 Å². The molecule has 0 aliphatic heterocycles. The first-order chi connectivity index (χ1) is 11.5. The number of carbonyl (C=O) groups is 1. The zero-order valence-corrected chi connectivity index (χ0v) is 15.3. The van der Waals surface area contributed by atoms with Crippen LogP contribution in [-0.4, -0.2) is 32.9 Å². The van der Waals surface area contributed by atoms with Crippen molar-refractivity contribution in [3.8, 4) is 0 Å². The minimum Gasteiger partial charge on any atom is -0.342 e. The molecule has 138 valence electrons. The van der Waals surface area contributed by atoms with Crippen molar-refractivity contribution in [1.82, 2.24) is 14.9 Å². The number of hydrogen-bond donors (Lipinski definition) is 1. The minimum absolute atomic E-state index is 0.0144. The number of nitrogens with one attached hydrogen (secondary N) is 1. The lowest BCUT2D eigenvalue weighted by atomic mass is 10.2. The van der Waals surface area contributed by atoms with E-state index < -0.39 is 11.7 Å². The van der Waals surface area contributed by atoms with Crippen LogP contribution in [0.4, 0.5) is 13.2 Å². The van der Waals surface area contributed by atoms with Gasteiger partial charge in [-0.25, -0.2) is 4.98 Å². The molecular weight excluding hydrogens is 355 g/mol. The van der Waals surface area contributed by atoms with E-state index in [4.69, 9.17) is 11.6 Å². The SMILES string of the molecule is CC(C)N(C(=O)CCc1nc2cc(C(F)(F)F)c(Cl)cc2[nH]1)C(C)C. The average Bonchev–Trinajstić information content (AvgIpc) is 2.84. The first-order valence-corrected chi connectivity index (χ1v) is 8.45. The molecule has 1 aromatic heterocycles. The summed E-state index contributed by atoms with van der Waals surface area (Å²) >= 11 is 5.71. The van der Waals surface area contributed by atoms with Crippen molar-refractivity contribution in [3.63, 3.8) is 0 Å². The second kappa shape index (κ2) is 7.23. The van der Waals surface area contributed by atoms with Gasteiger partial charge in [0.25, 0.3) is 0 Å². The van der Waals surface area contributed by atoms with E-state index in [2.05, 4.69) is 9.97 Å². The van der Waals surface area contributed by atoms with Gasteiger partial charge in [0.15, 0.2) is 0 Å². The Balaban J connectivity index is 2.19. The number of H-pyrrole nitrogens is 1. The smallest absolute Gasteiger partial charge is 0.342 e. The number of aryl methyl sites for hydroxylation is 1. The van der Waals surface area contributed by atoms with Gasteiger partial charge in [0.2, 0.25) is 5.91 Å². The molecule has 0 aliphatic carbocycles. The number of aromatic nitrogens is 2. The van der Waals surface area contributed by atoms with Crippen molar-refractivity contribution >= 4 is 28.5 Å². The van der Waals surface area contributed by atoms with Crippen molar-refractivity contribution in [2.75, 3.05) is 0 Å². The number of aromatic amines is 1. The highest BCUT2D eigenvalue weighted by Crippen LogP contribution is 2.36. The van der Waals surface area contributed by atoms with E-state index in [0.29, 0.717) is 17.8 Å². The Morgan fingerprint density at radius 1 is 1.24 bits per heavy atom. The molecular formula is C17H21ClF3N3O. The molecule has 8 heteroatoms. The van der Waals surface area contributed by atoms with Crippen LogP contribution < -0.4 is 0 Å². The van der Waals surface area contributed by atoms with E-state index >= 15 is 0 Å². The second-order valence-electron chi connectivity index (χ2n) is 6.52. The monoisotopic (exact) mass is 375 g/mol. The van der Waals surface area contributed by atoms with Crippen LogP contribution in [0.15, 0.2) is 12.1 Å². The Bertz CT molecular complexity index is 760. The predicted molar refractivity (Wildman–Crippen MR) is 91.5 cm³/mol. The van der Waals surface area contributed by atoms with E-state index in [1.807, 2.05) is 27.7 Å². The van der Waals surface area contributed by atoms with Crippen LogP contribution in [0.25, 0.3) is 11.0 Å². The van der Waals surface area contributed by atoms with E-state index in [9.17, 15) is 18.0 Å². The summed E-state index contributed by atoms with van der Waals surface area (Å²) in [5.41, 5.74) is -0.310. The lowest BCUT2D eigenvalue weighted by Crippen LogP contribution is -2.42. The molecule has 0 unspecified atom stereocenters. The van der Waals surface area contributed by atoms with Crippen LogP contribution in [0.2, 0.25) is 5.02 Å². The van der Waals surface area contributed by atoms with Crippen molar-refractivity contribution in [2.24, 2.45) is 0 Å². The number of halogens is 4. The third-order valence-corrected chi connectivity index (χ3v) is 4.21. The minimum atomic E-state index is -4.53. The first-order valence-electron chi connectivity index (χ1n) is 8.07. The highest BCUT2D eigenvalue weighted by atomic mass is 35.5. The van der Waals surface area contributed by atoms with Crippen LogP contribution in [-0.2, 0) is 17.4 Å². The van der Waals surface area contributed by atoms with Crippen LogP contribution in [0, 0.1) is 0 Å². The lowest BCUT2D eigenvalue weighted by molar-refractivity contribution is -0.137. The highest BCUT2D eigenvalue weighted by molar-refractivity contribution is 6.32. The predicted octanol–water partition coefficient (Wildman–Crippen LogP) is 4.81. The Morgan fingerprint density at radius 2 is 1.84 bits per heavy atom. The molecule has 1 heterocycles. The lowest BCUT2D eigenvalue weighted by Gasteiger charge is -2.30. The molecule has 0 radical (unpaired) electrons. The van der Waals surface area contributed by atoms with E-state index in [1.165, 1.54) is 6.07 Å². The van der Waals surface area contributed by atoms with Gasteiger partial charge in [0.05, 0.1) is 21.6 Å². The van der Waals surface area contributed by atoms with E-state index in [0.717, 1.165) is 6.07 Å². The van der Waals surface area contributed by atoms with Crippen molar-refractivity contribution < 1.29 is 18.0 Å². The first kappa shape index (κ1) is 19.6. The Kier molecular flexibility index (Phi) is 5.66. The maximum atomic E-state index is 12.9. The summed E-state index contributed by atoms with van der Waals surface area (Å²) in [5, 5.41) is -0.378. The van der Waals surface area contributed by atoms with Gasteiger partial charge in [-0.2, -0.15) is 13.2 Å². The molecule has 0 saturated heterocycles. The topological polar surface area (TPSA) is 49.0 Å². The Morgan fingerprint density at radius 3 is 2.36 bits per heavy atom. The molecule has 1 aromatic carbocycles. The fourth-order valence-corrected chi connectivity index (χ4v) is 3.22. The largest absolute Gasteiger partial charge is 0.417 e. The van der Waals surface area contributed by atoms with Crippen molar-refractivity contribution in [2.45, 2.75) is 58.8 Å². The quantitative estimate of drug-likeness (QED) is 0.815. The molecule has 25 heavy (non-hydrogen) atoms. The van der Waals surface area contributed by atoms with Crippen molar-refractivity contribution in [1.29, 1.82) is 0 Å². The van der Waals surface area contributed by atoms with Gasteiger partial charge in [-0.1, -0.05) is 11.6 Å². The molecule has 2 aromatic rings. The van der Waals surface area contributed by atoms with Gasteiger partial charge < -0.3 is 9.88 Å². The highest BCUT2D eigenvalue weighted by Gasteiger charge is 2.33. The molecule has 0 aliphatic rings. The van der Waals surface area contributed by atoms with Crippen LogP contribution in [0.3, 0.4) is 0 Å². The molecule has 2 rings (SSSR count). The second-order valence-corrected chi connectivity index (χ2v) is 6.93. The number of nitrogens with zero attached hydrogens (tertiary/aromatic N) is 2. The number of amides is 1. The maximum absolute atomic E-state index is 12.9. The normalized spacial score (nSPS) is 12.4. The van der Waals surface area contributed by atoms with Crippen LogP contribution in [0.5, 0.6) is 0 Å². The molecule has 1 amide bonds. The zero-order valence-electron chi connectivity index (χ0n) is 14.5. The molecule has 0 bridgehead atoms. The van der Waals surface area contributed by atoms with Gasteiger partial charge in [-0.15, -0.1) is 0 Å². The summed E-state index contributed by atoms with van der Waals surface area (Å²) in [7, 11) is 0. The number of benzene rings is 1. The standard InChI is InChI=1S/C17H21ClF3N3O/c1-9(2)24(10(3)4)16(25)6-5-15-22-13-7-11(17(19,20)21)12(18)8-14(13)23-15/h7-10H,5-6H2,1-4H3,(H,22,23). The van der Waals surface area contributed by atoms with Crippen molar-refractivity contribution in [3.05, 3.63) is 28.5 Å². The van der Waals surface area contributed by atoms with Crippen LogP contribution in [0.1, 0.15) is 45.5 Å². The third kappa shape index (κ3) is 4.45. The molecule has 0 atom stereocenters. The fourth-order valence-electron chi connectivity index (χ4n) is 2.95. The summed E-state index contributed by atoms with van der Waals surface area (Å²) < 4.78 is 38.7. The van der Waals surface area contributed by atoms with E-state index in [-0.39, 0.29) is 35.0 Å². The number of hydrogen-bond acceptors (Lipinski definition) is 2. The number of rotatable bonds is 5. The molecule has 0 spiro atoms. The fraction of sp³-hybridized carbons (Fsp3) is 0.529. The number of alkyl halides is 3. The van der Waals surface area contributed by atoms with Gasteiger partial charge in [-0.05, 0) is 39.8 Å². The molecule has 4 nitrogen and oxygen atoms in total. The molecule has 0 saturated carbocycles. The number of imidazole rings is 1. The summed E-state index contributed by atoms with van der Waals surface area (Å²) in [5.74, 6) is 0.450. The summed E-state index contributed by atoms with van der Waals surface area (Å²) in [4.78, 5) is 21.2. The van der Waals surface area contributed by atoms with Gasteiger partial charge in [-0.3, -0.25) is 4.79 Å².